The van der Waals surface area contributed by atoms with Crippen molar-refractivity contribution in [2.24, 2.45) is 0 Å². The molecule has 1 aliphatic rings. The minimum absolute atomic E-state index is 0.0278. The molecule has 1 aromatic heterocycles. The maximum absolute atomic E-state index is 12.5. The van der Waals surface area contributed by atoms with Crippen molar-refractivity contribution in [3.05, 3.63) is 69.2 Å². The van der Waals surface area contributed by atoms with Crippen LogP contribution in [0.3, 0.4) is 0 Å². The molecule has 2 heterocycles. The number of carbonyl (C=O) groups excluding carboxylic acids is 2. The molecule has 1 saturated heterocycles. The molecule has 8 heteroatoms. The SMILES string of the molecule is Cc1ccc(CC(=O)Nc2nnc(C3CC(=O)N(c4ccc(C)c(Cl)c4)C3)s2)cc1. The molecule has 0 bridgehead atoms. The van der Waals surface area contributed by atoms with E-state index in [0.29, 0.717) is 23.1 Å². The van der Waals surface area contributed by atoms with E-state index in [1.54, 1.807) is 4.90 Å². The molecule has 2 aromatic carbocycles. The summed E-state index contributed by atoms with van der Waals surface area (Å²) in [7, 11) is 0. The third-order valence-electron chi connectivity index (χ3n) is 5.11. The Morgan fingerprint density at radius 3 is 2.70 bits per heavy atom. The molecule has 30 heavy (non-hydrogen) atoms. The van der Waals surface area contributed by atoms with Gasteiger partial charge in [0.2, 0.25) is 16.9 Å². The van der Waals surface area contributed by atoms with Gasteiger partial charge in [0.05, 0.1) is 6.42 Å². The quantitative estimate of drug-likeness (QED) is 0.633. The molecule has 1 atom stereocenters. The van der Waals surface area contributed by atoms with Crippen molar-refractivity contribution in [1.82, 2.24) is 10.2 Å². The first-order valence-electron chi connectivity index (χ1n) is 9.64. The molecule has 0 saturated carbocycles. The molecule has 1 unspecified atom stereocenters. The normalized spacial score (nSPS) is 16.2. The van der Waals surface area contributed by atoms with Crippen molar-refractivity contribution in [2.75, 3.05) is 16.8 Å². The van der Waals surface area contributed by atoms with Gasteiger partial charge in [-0.1, -0.05) is 58.8 Å². The smallest absolute Gasteiger partial charge is 0.230 e. The average Bonchev–Trinajstić information content (AvgIpc) is 3.32. The van der Waals surface area contributed by atoms with Gasteiger partial charge >= 0.3 is 0 Å². The number of halogens is 1. The molecule has 4 rings (SSSR count). The number of anilines is 2. The number of aryl methyl sites for hydroxylation is 2. The summed E-state index contributed by atoms with van der Waals surface area (Å²) in [6.45, 7) is 4.45. The highest BCUT2D eigenvalue weighted by Gasteiger charge is 2.34. The van der Waals surface area contributed by atoms with E-state index in [0.717, 1.165) is 27.4 Å². The summed E-state index contributed by atoms with van der Waals surface area (Å²) in [5.74, 6) is -0.169. The molecular formula is C22H21ClN4O2S. The van der Waals surface area contributed by atoms with Crippen LogP contribution in [0, 0.1) is 13.8 Å². The van der Waals surface area contributed by atoms with Gasteiger partial charge in [0.15, 0.2) is 0 Å². The molecule has 1 N–H and O–H groups in total. The van der Waals surface area contributed by atoms with Crippen LogP contribution in [-0.2, 0) is 16.0 Å². The minimum atomic E-state index is -0.139. The van der Waals surface area contributed by atoms with E-state index in [1.807, 2.05) is 56.3 Å². The van der Waals surface area contributed by atoms with Crippen LogP contribution in [0.5, 0.6) is 0 Å². The molecule has 154 valence electrons. The summed E-state index contributed by atoms with van der Waals surface area (Å²) in [6.07, 6.45) is 0.635. The number of nitrogens with one attached hydrogen (secondary N) is 1. The van der Waals surface area contributed by atoms with Gasteiger partial charge in [0.1, 0.15) is 5.01 Å². The number of nitrogens with zero attached hydrogens (tertiary/aromatic N) is 3. The van der Waals surface area contributed by atoms with Crippen molar-refractivity contribution >= 4 is 45.6 Å². The van der Waals surface area contributed by atoms with Crippen molar-refractivity contribution in [3.8, 4) is 0 Å². The highest BCUT2D eigenvalue weighted by Crippen LogP contribution is 2.35. The fraction of sp³-hybridized carbons (Fsp3) is 0.273. The molecule has 6 nitrogen and oxygen atoms in total. The Balaban J connectivity index is 1.40. The molecule has 1 fully saturated rings. The van der Waals surface area contributed by atoms with E-state index in [1.165, 1.54) is 11.3 Å². The summed E-state index contributed by atoms with van der Waals surface area (Å²) >= 11 is 7.53. The standard InChI is InChI=1S/C22H21ClN4O2S/c1-13-3-6-15(7-4-13)9-19(28)24-22-26-25-21(30-22)16-10-20(29)27(12-16)17-8-5-14(2)18(23)11-17/h3-8,11,16H,9-10,12H2,1-2H3,(H,24,26,28). The van der Waals surface area contributed by atoms with Crippen LogP contribution in [0.15, 0.2) is 42.5 Å². The van der Waals surface area contributed by atoms with Gasteiger partial charge < -0.3 is 10.2 Å². The molecular weight excluding hydrogens is 420 g/mol. The molecule has 0 radical (unpaired) electrons. The lowest BCUT2D eigenvalue weighted by Gasteiger charge is -2.17. The Morgan fingerprint density at radius 1 is 1.20 bits per heavy atom. The fourth-order valence-corrected chi connectivity index (χ4v) is 4.40. The van der Waals surface area contributed by atoms with Crippen LogP contribution < -0.4 is 10.2 Å². The zero-order valence-electron chi connectivity index (χ0n) is 16.7. The summed E-state index contributed by atoms with van der Waals surface area (Å²) in [4.78, 5) is 26.6. The fourth-order valence-electron chi connectivity index (χ4n) is 3.38. The second-order valence-electron chi connectivity index (χ2n) is 7.49. The van der Waals surface area contributed by atoms with Crippen molar-refractivity contribution < 1.29 is 9.59 Å². The van der Waals surface area contributed by atoms with Gasteiger partial charge in [-0.2, -0.15) is 0 Å². The number of amides is 2. The lowest BCUT2D eigenvalue weighted by molar-refractivity contribution is -0.117. The van der Waals surface area contributed by atoms with E-state index in [-0.39, 0.29) is 24.2 Å². The van der Waals surface area contributed by atoms with E-state index in [9.17, 15) is 9.59 Å². The zero-order chi connectivity index (χ0) is 21.3. The Bertz CT molecular complexity index is 1100. The predicted octanol–water partition coefficient (Wildman–Crippen LogP) is 4.51. The predicted molar refractivity (Wildman–Crippen MR) is 119 cm³/mol. The van der Waals surface area contributed by atoms with E-state index in [4.69, 9.17) is 11.6 Å². The van der Waals surface area contributed by atoms with E-state index >= 15 is 0 Å². The highest BCUT2D eigenvalue weighted by molar-refractivity contribution is 7.15. The number of benzene rings is 2. The third-order valence-corrected chi connectivity index (χ3v) is 6.52. The molecule has 3 aromatic rings. The summed E-state index contributed by atoms with van der Waals surface area (Å²) in [5.41, 5.74) is 3.85. The Kier molecular flexibility index (Phi) is 5.83. The lowest BCUT2D eigenvalue weighted by atomic mass is 10.1. The number of hydrogen-bond donors (Lipinski definition) is 1. The highest BCUT2D eigenvalue weighted by atomic mass is 35.5. The van der Waals surface area contributed by atoms with Crippen molar-refractivity contribution in [1.29, 1.82) is 0 Å². The maximum atomic E-state index is 12.5. The van der Waals surface area contributed by atoms with Crippen LogP contribution >= 0.6 is 22.9 Å². The summed E-state index contributed by atoms with van der Waals surface area (Å²) < 4.78 is 0. The summed E-state index contributed by atoms with van der Waals surface area (Å²) in [6, 6.07) is 13.5. The Labute approximate surface area is 183 Å². The Morgan fingerprint density at radius 2 is 1.97 bits per heavy atom. The van der Waals surface area contributed by atoms with Gasteiger partial charge in [0.25, 0.3) is 0 Å². The van der Waals surface area contributed by atoms with Crippen LogP contribution in [0.2, 0.25) is 5.02 Å². The second-order valence-corrected chi connectivity index (χ2v) is 8.91. The Hall–Kier alpha value is -2.77. The molecule has 0 spiro atoms. The number of hydrogen-bond acceptors (Lipinski definition) is 5. The van der Waals surface area contributed by atoms with E-state index in [2.05, 4.69) is 15.5 Å². The maximum Gasteiger partial charge on any atom is 0.230 e. The average molecular weight is 441 g/mol. The molecule has 2 amide bonds. The van der Waals surface area contributed by atoms with Crippen LogP contribution in [0.1, 0.15) is 34.0 Å². The lowest BCUT2D eigenvalue weighted by Crippen LogP contribution is -2.24. The van der Waals surface area contributed by atoms with Gasteiger partial charge in [-0.15, -0.1) is 10.2 Å². The third kappa shape index (κ3) is 4.52. The van der Waals surface area contributed by atoms with Crippen LogP contribution in [0.4, 0.5) is 10.8 Å². The summed E-state index contributed by atoms with van der Waals surface area (Å²) in [5, 5.41) is 12.9. The van der Waals surface area contributed by atoms with Crippen LogP contribution in [0.25, 0.3) is 0 Å². The van der Waals surface area contributed by atoms with Gasteiger partial charge in [0, 0.05) is 29.6 Å². The zero-order valence-corrected chi connectivity index (χ0v) is 18.3. The second kappa shape index (κ2) is 8.53. The molecule has 0 aliphatic carbocycles. The molecule has 1 aliphatic heterocycles. The van der Waals surface area contributed by atoms with Gasteiger partial charge in [-0.25, -0.2) is 0 Å². The number of rotatable bonds is 5. The first-order valence-corrected chi connectivity index (χ1v) is 10.8. The minimum Gasteiger partial charge on any atom is -0.312 e. The monoisotopic (exact) mass is 440 g/mol. The number of aromatic nitrogens is 2. The first-order chi connectivity index (χ1) is 14.4. The largest absolute Gasteiger partial charge is 0.312 e. The van der Waals surface area contributed by atoms with Crippen molar-refractivity contribution in [2.45, 2.75) is 32.6 Å². The first kappa shape index (κ1) is 20.5. The topological polar surface area (TPSA) is 75.2 Å². The number of carbonyl (C=O) groups is 2. The van der Waals surface area contributed by atoms with Crippen LogP contribution in [-0.4, -0.2) is 28.6 Å². The van der Waals surface area contributed by atoms with Crippen molar-refractivity contribution in [3.63, 3.8) is 0 Å². The van der Waals surface area contributed by atoms with Gasteiger partial charge in [-0.3, -0.25) is 9.59 Å². The van der Waals surface area contributed by atoms with Gasteiger partial charge in [-0.05, 0) is 37.1 Å². The van der Waals surface area contributed by atoms with E-state index < -0.39 is 0 Å².